The third kappa shape index (κ3) is 3.36. The van der Waals surface area contributed by atoms with E-state index in [0.29, 0.717) is 11.9 Å². The van der Waals surface area contributed by atoms with Crippen molar-refractivity contribution in [3.63, 3.8) is 0 Å². The third-order valence-corrected chi connectivity index (χ3v) is 4.95. The van der Waals surface area contributed by atoms with Gasteiger partial charge in [0.25, 0.3) is 0 Å². The number of benzene rings is 1. The van der Waals surface area contributed by atoms with Crippen molar-refractivity contribution in [1.29, 1.82) is 0 Å². The number of hydrogen-bond acceptors (Lipinski definition) is 3. The van der Waals surface area contributed by atoms with E-state index in [0.717, 1.165) is 41.6 Å². The number of nitrogens with zero attached hydrogens (tertiary/aromatic N) is 3. The maximum atomic E-state index is 6.22. The van der Waals surface area contributed by atoms with Crippen LogP contribution in [0.15, 0.2) is 30.6 Å². The van der Waals surface area contributed by atoms with E-state index in [1.165, 1.54) is 18.4 Å². The Morgan fingerprint density at radius 3 is 2.52 bits per heavy atom. The second-order valence-electron chi connectivity index (χ2n) is 6.57. The number of aryl methyl sites for hydroxylation is 1. The summed E-state index contributed by atoms with van der Waals surface area (Å²) in [7, 11) is 0. The van der Waals surface area contributed by atoms with Gasteiger partial charge in [0.2, 0.25) is 6.33 Å². The Bertz CT molecular complexity index is 835. The van der Waals surface area contributed by atoms with E-state index in [9.17, 15) is 0 Å². The van der Waals surface area contributed by atoms with Crippen LogP contribution in [-0.2, 0) is 6.42 Å². The number of nitrogen functional groups attached to an aromatic ring is 1. The summed E-state index contributed by atoms with van der Waals surface area (Å²) < 4.78 is 2.19. The molecule has 1 aromatic carbocycles. The molecule has 0 amide bonds. The predicted octanol–water partition coefficient (Wildman–Crippen LogP) is 4.20. The van der Waals surface area contributed by atoms with Crippen LogP contribution in [0.3, 0.4) is 0 Å². The van der Waals surface area contributed by atoms with Gasteiger partial charge < -0.3 is 5.73 Å². The highest BCUT2D eigenvalue weighted by Gasteiger charge is 2.26. The molecule has 0 saturated heterocycles. The van der Waals surface area contributed by atoms with E-state index in [4.69, 9.17) is 5.73 Å². The Balaban J connectivity index is 2.15. The van der Waals surface area contributed by atoms with Gasteiger partial charge in [0.1, 0.15) is 22.9 Å². The molecule has 3 rings (SSSR count). The molecule has 2 heterocycles. The summed E-state index contributed by atoms with van der Waals surface area (Å²) in [5, 5.41) is 4.50. The molecule has 0 aliphatic heterocycles. The molecular weight excluding hydrogens is 310 g/mol. The van der Waals surface area contributed by atoms with Gasteiger partial charge in [0, 0.05) is 5.56 Å². The van der Waals surface area contributed by atoms with E-state index in [2.05, 4.69) is 64.8 Å². The van der Waals surface area contributed by atoms with Crippen molar-refractivity contribution in [2.45, 2.75) is 58.9 Å². The Kier molecular flexibility index (Phi) is 5.31. The first kappa shape index (κ1) is 17.4. The van der Waals surface area contributed by atoms with Crippen LogP contribution >= 0.6 is 0 Å². The Morgan fingerprint density at radius 1 is 1.12 bits per heavy atom. The van der Waals surface area contributed by atoms with Gasteiger partial charge in [-0.2, -0.15) is 9.67 Å². The Labute approximate surface area is 149 Å². The van der Waals surface area contributed by atoms with Crippen LogP contribution in [0.25, 0.3) is 22.3 Å². The molecule has 3 aromatic rings. The lowest BCUT2D eigenvalue weighted by atomic mass is 10.1. The first-order valence-corrected chi connectivity index (χ1v) is 9.32. The van der Waals surface area contributed by atoms with Gasteiger partial charge in [-0.05, 0) is 36.2 Å². The van der Waals surface area contributed by atoms with Crippen molar-refractivity contribution in [3.05, 3.63) is 36.2 Å². The Hall–Kier alpha value is -2.43. The van der Waals surface area contributed by atoms with Gasteiger partial charge in [0.05, 0.1) is 0 Å². The Morgan fingerprint density at radius 2 is 1.88 bits per heavy atom. The highest BCUT2D eigenvalue weighted by Crippen LogP contribution is 2.29. The number of aromatic amines is 1. The van der Waals surface area contributed by atoms with Crippen molar-refractivity contribution in [2.75, 3.05) is 5.73 Å². The molecule has 5 heteroatoms. The van der Waals surface area contributed by atoms with Crippen LogP contribution in [0.1, 0.15) is 58.1 Å². The summed E-state index contributed by atoms with van der Waals surface area (Å²) in [6, 6.07) is 9.02. The van der Waals surface area contributed by atoms with Gasteiger partial charge in [-0.25, -0.2) is 5.10 Å². The molecule has 132 valence electrons. The molecule has 25 heavy (non-hydrogen) atoms. The van der Waals surface area contributed by atoms with Gasteiger partial charge in [-0.1, -0.05) is 51.5 Å². The predicted molar refractivity (Wildman–Crippen MR) is 102 cm³/mol. The second kappa shape index (κ2) is 7.64. The smallest absolute Gasteiger partial charge is 0.356 e. The maximum absolute atomic E-state index is 6.22. The molecule has 0 fully saturated rings. The normalized spacial score (nSPS) is 12.6. The number of unbranched alkanes of at least 4 members (excludes halogenated alkanes) is 1. The first-order chi connectivity index (χ1) is 12.2. The van der Waals surface area contributed by atoms with Crippen molar-refractivity contribution in [2.24, 2.45) is 0 Å². The number of rotatable bonds is 7. The lowest BCUT2D eigenvalue weighted by Crippen LogP contribution is -2.42. The van der Waals surface area contributed by atoms with Crippen LogP contribution in [0.5, 0.6) is 0 Å². The van der Waals surface area contributed by atoms with Crippen molar-refractivity contribution >= 4 is 16.9 Å². The van der Waals surface area contributed by atoms with Crippen molar-refractivity contribution in [3.8, 4) is 11.3 Å². The average Bonchev–Trinajstić information content (AvgIpc) is 3.03. The summed E-state index contributed by atoms with van der Waals surface area (Å²) in [4.78, 5) is 8.76. The molecule has 5 nitrogen and oxygen atoms in total. The zero-order valence-corrected chi connectivity index (χ0v) is 15.4. The fourth-order valence-electron chi connectivity index (χ4n) is 3.38. The summed E-state index contributed by atoms with van der Waals surface area (Å²) in [6.45, 7) is 6.61. The lowest BCUT2D eigenvalue weighted by molar-refractivity contribution is -0.753. The summed E-state index contributed by atoms with van der Waals surface area (Å²) in [5.41, 5.74) is 10.6. The lowest BCUT2D eigenvalue weighted by Gasteiger charge is -2.10. The number of aromatic nitrogens is 4. The third-order valence-electron chi connectivity index (χ3n) is 4.95. The van der Waals surface area contributed by atoms with Crippen LogP contribution in [0, 0.1) is 0 Å². The minimum atomic E-state index is 0.389. The quantitative estimate of drug-likeness (QED) is 0.634. The topological polar surface area (TPSA) is 71.5 Å². The maximum Gasteiger partial charge on any atom is 0.356 e. The molecule has 3 N–H and O–H groups in total. The summed E-state index contributed by atoms with van der Waals surface area (Å²) >= 11 is 0. The molecule has 0 radical (unpaired) electrons. The number of nitrogens with two attached hydrogens (primary N) is 1. The van der Waals surface area contributed by atoms with Gasteiger partial charge in [0.15, 0.2) is 0 Å². The number of H-pyrrole nitrogens is 1. The standard InChI is InChI=1S/C20H27N5/c1-4-7-8-16(6-3)25-20-17(19(21)22-13-23-20)18(24-25)15-11-9-14(5-2)10-12-15/h9-13,16H,4-8H2,1-3H3,(H2,21,22,23,24)/p+1. The number of nitrogens with one attached hydrogen (secondary N) is 1. The molecule has 0 bridgehead atoms. The van der Waals surface area contributed by atoms with Crippen LogP contribution in [0.4, 0.5) is 5.82 Å². The first-order valence-electron chi connectivity index (χ1n) is 9.32. The van der Waals surface area contributed by atoms with Crippen LogP contribution in [0.2, 0.25) is 0 Å². The van der Waals surface area contributed by atoms with Crippen molar-refractivity contribution < 1.29 is 4.68 Å². The number of hydrogen-bond donors (Lipinski definition) is 2. The number of fused-ring (bicyclic) bond motifs is 1. The van der Waals surface area contributed by atoms with Gasteiger partial charge in [-0.3, -0.25) is 0 Å². The molecular formula is C20H28N5+. The highest BCUT2D eigenvalue weighted by atomic mass is 15.3. The van der Waals surface area contributed by atoms with Crippen molar-refractivity contribution in [1.82, 2.24) is 15.1 Å². The van der Waals surface area contributed by atoms with Crippen LogP contribution < -0.4 is 10.4 Å². The molecule has 0 saturated carbocycles. The fourth-order valence-corrected chi connectivity index (χ4v) is 3.38. The monoisotopic (exact) mass is 338 g/mol. The molecule has 0 aliphatic carbocycles. The zero-order valence-electron chi connectivity index (χ0n) is 15.4. The van der Waals surface area contributed by atoms with E-state index < -0.39 is 0 Å². The fraction of sp³-hybridized carbons (Fsp3) is 0.450. The molecule has 0 spiro atoms. The van der Waals surface area contributed by atoms with E-state index in [-0.39, 0.29) is 0 Å². The number of anilines is 1. The minimum absolute atomic E-state index is 0.389. The largest absolute Gasteiger partial charge is 0.383 e. The zero-order chi connectivity index (χ0) is 17.8. The summed E-state index contributed by atoms with van der Waals surface area (Å²) in [5.74, 6) is 0.528. The highest BCUT2D eigenvalue weighted by molar-refractivity contribution is 5.96. The van der Waals surface area contributed by atoms with Crippen LogP contribution in [-0.4, -0.2) is 15.1 Å². The average molecular weight is 338 g/mol. The minimum Gasteiger partial charge on any atom is -0.383 e. The second-order valence-corrected chi connectivity index (χ2v) is 6.57. The SMILES string of the molecule is CCCCC(CC)[n+]1[nH]c(-c2ccc(CC)cc2)c2c(N)ncnc21. The summed E-state index contributed by atoms with van der Waals surface area (Å²) in [6.07, 6.45) is 7.17. The van der Waals surface area contributed by atoms with Gasteiger partial charge >= 0.3 is 5.65 Å². The molecule has 1 unspecified atom stereocenters. The van der Waals surface area contributed by atoms with E-state index >= 15 is 0 Å². The molecule has 1 atom stereocenters. The molecule has 2 aromatic heterocycles. The van der Waals surface area contributed by atoms with E-state index in [1.54, 1.807) is 6.33 Å². The molecule has 0 aliphatic rings. The van der Waals surface area contributed by atoms with E-state index in [1.807, 2.05) is 0 Å². The van der Waals surface area contributed by atoms with Gasteiger partial charge in [-0.15, -0.1) is 0 Å².